The number of amides is 1. The first kappa shape index (κ1) is 46.0. The van der Waals surface area contributed by atoms with Crippen LogP contribution < -0.4 is 16.8 Å². The van der Waals surface area contributed by atoms with E-state index in [1.54, 1.807) is 6.92 Å². The molecule has 0 aliphatic heterocycles. The molecule has 3 rings (SSSR count). The van der Waals surface area contributed by atoms with Crippen molar-refractivity contribution in [2.24, 2.45) is 75.6 Å². The number of carbonyl (C=O) groups is 2. The molecule has 290 valence electrons. The molecule has 0 spiro atoms. The third-order valence-corrected chi connectivity index (χ3v) is 13.2. The second-order valence-electron chi connectivity index (χ2n) is 18.2. The number of likely N-dealkylation sites (N-methyl/N-ethyl adjacent to an activating group) is 1. The topological polar surface area (TPSA) is 101 Å². The molecule has 0 heterocycles. The van der Waals surface area contributed by atoms with E-state index in [0.29, 0.717) is 54.5 Å². The van der Waals surface area contributed by atoms with Crippen molar-refractivity contribution in [2.45, 2.75) is 173 Å². The molecule has 3 fully saturated rings. The number of nitrogens with two attached hydrogens (primary N) is 2. The summed E-state index contributed by atoms with van der Waals surface area (Å²) in [5, 5.41) is 3.15. The van der Waals surface area contributed by atoms with Crippen LogP contribution in [-0.2, 0) is 9.59 Å². The highest BCUT2D eigenvalue weighted by Crippen LogP contribution is 2.64. The standard InChI is InChI=1S/C34H64N4O2.C6H14.C3H8/c1-10-38(11-2)17-16-37-32(40)30(36)29-25(20-23(5)39)18-21(3)26(29)19-22(4)31-33(7,8)14-12-27-24(6)28(35)13-15-34(27,31)9;1-4-5-6(2)3;1-3-2/h21-22,24-31H,10-20,35-36H2,1-9H3,(H,37,40);6H,4-5H2,1-3H3;3H2,1-2H3/t21?,22?,24-,25?,26?,27?,28?,29?,30?,31?,34?;;/m0../s1. The Kier molecular flexibility index (Phi) is 20.2. The maximum atomic E-state index is 13.4. The normalized spacial score (nSPS) is 33.4. The van der Waals surface area contributed by atoms with Gasteiger partial charge in [0.1, 0.15) is 5.78 Å². The van der Waals surface area contributed by atoms with Crippen LogP contribution in [0.2, 0.25) is 0 Å². The summed E-state index contributed by atoms with van der Waals surface area (Å²) >= 11 is 0. The van der Waals surface area contributed by atoms with Crippen molar-refractivity contribution in [3.05, 3.63) is 0 Å². The van der Waals surface area contributed by atoms with E-state index >= 15 is 0 Å². The van der Waals surface area contributed by atoms with Gasteiger partial charge in [0.15, 0.2) is 0 Å². The molecule has 5 N–H and O–H groups in total. The lowest BCUT2D eigenvalue weighted by Crippen LogP contribution is -2.57. The molecule has 3 aliphatic rings. The third-order valence-electron chi connectivity index (χ3n) is 13.2. The molecule has 6 nitrogen and oxygen atoms in total. The van der Waals surface area contributed by atoms with Crippen molar-refractivity contribution < 1.29 is 9.59 Å². The average Bonchev–Trinajstić information content (AvgIpc) is 3.29. The van der Waals surface area contributed by atoms with Gasteiger partial charge in [-0.3, -0.25) is 4.79 Å². The molecule has 49 heavy (non-hydrogen) atoms. The highest BCUT2D eigenvalue weighted by molar-refractivity contribution is 5.82. The summed E-state index contributed by atoms with van der Waals surface area (Å²) < 4.78 is 0. The fourth-order valence-electron chi connectivity index (χ4n) is 11.2. The van der Waals surface area contributed by atoms with E-state index in [1.165, 1.54) is 38.5 Å². The summed E-state index contributed by atoms with van der Waals surface area (Å²) in [5.41, 5.74) is 14.0. The predicted molar refractivity (Wildman–Crippen MR) is 212 cm³/mol. The summed E-state index contributed by atoms with van der Waals surface area (Å²) in [6.07, 6.45) is 11.4. The second-order valence-corrected chi connectivity index (χ2v) is 18.2. The number of fused-ring (bicyclic) bond motifs is 1. The van der Waals surface area contributed by atoms with Crippen LogP contribution in [0.4, 0.5) is 0 Å². The lowest BCUT2D eigenvalue weighted by Gasteiger charge is -2.62. The Morgan fingerprint density at radius 3 is 2.04 bits per heavy atom. The zero-order valence-corrected chi connectivity index (χ0v) is 35.2. The Morgan fingerprint density at radius 2 is 1.55 bits per heavy atom. The highest BCUT2D eigenvalue weighted by Gasteiger charge is 2.57. The van der Waals surface area contributed by atoms with E-state index in [-0.39, 0.29) is 34.4 Å². The highest BCUT2D eigenvalue weighted by atomic mass is 16.2. The van der Waals surface area contributed by atoms with Gasteiger partial charge >= 0.3 is 0 Å². The summed E-state index contributed by atoms with van der Waals surface area (Å²) in [7, 11) is 0. The summed E-state index contributed by atoms with van der Waals surface area (Å²) in [5.74, 6) is 4.47. The lowest BCUT2D eigenvalue weighted by molar-refractivity contribution is -0.128. The van der Waals surface area contributed by atoms with Crippen LogP contribution >= 0.6 is 0 Å². The van der Waals surface area contributed by atoms with Gasteiger partial charge in [-0.2, -0.15) is 0 Å². The fourth-order valence-corrected chi connectivity index (χ4v) is 11.2. The van der Waals surface area contributed by atoms with Gasteiger partial charge in [0.25, 0.3) is 0 Å². The molecule has 3 aliphatic carbocycles. The summed E-state index contributed by atoms with van der Waals surface area (Å²) in [4.78, 5) is 28.0. The fraction of sp³-hybridized carbons (Fsp3) is 0.953. The molecule has 10 unspecified atom stereocenters. The number of ketones is 1. The Hall–Kier alpha value is -0.980. The van der Waals surface area contributed by atoms with Crippen LogP contribution in [0, 0.1) is 64.1 Å². The Bertz CT molecular complexity index is 948. The molecule has 6 heteroatoms. The Morgan fingerprint density at radius 1 is 0.959 bits per heavy atom. The number of rotatable bonds is 14. The van der Waals surface area contributed by atoms with E-state index < -0.39 is 6.04 Å². The zero-order chi connectivity index (χ0) is 37.7. The van der Waals surface area contributed by atoms with Crippen LogP contribution in [0.15, 0.2) is 0 Å². The molecule has 0 saturated heterocycles. The molecule has 3 saturated carbocycles. The molecule has 0 radical (unpaired) electrons. The quantitative estimate of drug-likeness (QED) is 0.169. The van der Waals surface area contributed by atoms with Gasteiger partial charge in [0, 0.05) is 25.6 Å². The Balaban J connectivity index is 0.00000118. The third kappa shape index (κ3) is 12.9. The van der Waals surface area contributed by atoms with Crippen LogP contribution in [0.3, 0.4) is 0 Å². The van der Waals surface area contributed by atoms with Crippen molar-refractivity contribution in [1.29, 1.82) is 0 Å². The summed E-state index contributed by atoms with van der Waals surface area (Å²) in [6.45, 7) is 35.1. The molecule has 0 aromatic carbocycles. The minimum absolute atomic E-state index is 0.0439. The van der Waals surface area contributed by atoms with E-state index in [0.717, 1.165) is 44.8 Å². The van der Waals surface area contributed by atoms with Gasteiger partial charge in [0.2, 0.25) is 5.91 Å². The van der Waals surface area contributed by atoms with Crippen LogP contribution in [0.25, 0.3) is 0 Å². The molecule has 1 amide bonds. The van der Waals surface area contributed by atoms with Crippen LogP contribution in [0.5, 0.6) is 0 Å². The van der Waals surface area contributed by atoms with Crippen molar-refractivity contribution >= 4 is 11.7 Å². The maximum Gasteiger partial charge on any atom is 0.237 e. The molecule has 0 bridgehead atoms. The first-order valence-electron chi connectivity index (χ1n) is 20.9. The smallest absolute Gasteiger partial charge is 0.237 e. The van der Waals surface area contributed by atoms with Crippen molar-refractivity contribution in [1.82, 2.24) is 10.2 Å². The monoisotopic (exact) mass is 691 g/mol. The molecule has 0 aromatic heterocycles. The number of Topliss-reactive ketones (excluding diaryl/α,β-unsaturated/α-hetero) is 1. The van der Waals surface area contributed by atoms with Gasteiger partial charge < -0.3 is 26.5 Å². The maximum absolute atomic E-state index is 13.4. The van der Waals surface area contributed by atoms with Gasteiger partial charge in [-0.25, -0.2) is 0 Å². The SMILES string of the molecule is CCC.CCCC(C)C.CCN(CC)CCNC(=O)C(N)C1C(CC(C)=O)CC(C)C1CC(C)C1C(C)(C)CCC2[C@H](C)C(N)CCC21C. The zero-order valence-electron chi connectivity index (χ0n) is 35.2. The number of carbonyl (C=O) groups excluding carboxylic acids is 2. The second kappa shape index (κ2) is 21.5. The van der Waals surface area contributed by atoms with E-state index in [4.69, 9.17) is 11.5 Å². The molecule has 11 atom stereocenters. The van der Waals surface area contributed by atoms with Crippen LogP contribution in [-0.4, -0.2) is 54.9 Å². The van der Waals surface area contributed by atoms with Gasteiger partial charge in [-0.15, -0.1) is 0 Å². The van der Waals surface area contributed by atoms with Gasteiger partial charge in [-0.05, 0) is 123 Å². The predicted octanol–water partition coefficient (Wildman–Crippen LogP) is 9.34. The number of hydrogen-bond acceptors (Lipinski definition) is 5. The minimum Gasteiger partial charge on any atom is -0.353 e. The van der Waals surface area contributed by atoms with Crippen molar-refractivity contribution in [3.8, 4) is 0 Å². The van der Waals surface area contributed by atoms with Crippen molar-refractivity contribution in [3.63, 3.8) is 0 Å². The van der Waals surface area contributed by atoms with E-state index in [1.807, 2.05) is 0 Å². The first-order chi connectivity index (χ1) is 22.9. The van der Waals surface area contributed by atoms with E-state index in [9.17, 15) is 9.59 Å². The molecule has 0 aromatic rings. The minimum atomic E-state index is -0.571. The van der Waals surface area contributed by atoms with Crippen LogP contribution in [0.1, 0.15) is 161 Å². The lowest BCUT2D eigenvalue weighted by atomic mass is 9.43. The molecular weight excluding hydrogens is 604 g/mol. The average molecular weight is 691 g/mol. The van der Waals surface area contributed by atoms with Gasteiger partial charge in [0.05, 0.1) is 6.04 Å². The largest absolute Gasteiger partial charge is 0.353 e. The van der Waals surface area contributed by atoms with Crippen molar-refractivity contribution in [2.75, 3.05) is 26.2 Å². The van der Waals surface area contributed by atoms with Gasteiger partial charge in [-0.1, -0.05) is 109 Å². The number of nitrogens with one attached hydrogen (secondary N) is 1. The van der Waals surface area contributed by atoms with E-state index in [2.05, 4.69) is 100 Å². The first-order valence-corrected chi connectivity index (χ1v) is 20.9. The Labute approximate surface area is 305 Å². The summed E-state index contributed by atoms with van der Waals surface area (Å²) in [6, 6.07) is -0.251. The number of nitrogens with zero attached hydrogens (tertiary/aromatic N) is 1. The molecular formula is C43H86N4O2. The number of hydrogen-bond donors (Lipinski definition) is 3.